The summed E-state index contributed by atoms with van der Waals surface area (Å²) in [6.45, 7) is 4.11. The SMILES string of the molecule is C=CCc1ccccc1OCc1cc(C=NNc2nc(-c3ccccc3)c(C#N)c(=O)[nH]2)ccc1OC. The van der Waals surface area contributed by atoms with Gasteiger partial charge >= 0.3 is 0 Å². The maximum Gasteiger partial charge on any atom is 0.270 e. The first-order valence-corrected chi connectivity index (χ1v) is 11.5. The van der Waals surface area contributed by atoms with Crippen molar-refractivity contribution in [3.8, 4) is 28.8 Å². The van der Waals surface area contributed by atoms with Gasteiger partial charge in [0.15, 0.2) is 0 Å². The molecule has 3 aromatic carbocycles. The highest BCUT2D eigenvalue weighted by Crippen LogP contribution is 2.24. The van der Waals surface area contributed by atoms with Gasteiger partial charge in [-0.15, -0.1) is 6.58 Å². The van der Waals surface area contributed by atoms with Crippen LogP contribution in [0.4, 0.5) is 5.95 Å². The standard InChI is InChI=1S/C29H25N5O3/c1-3-9-21-10-7-8-13-26(21)37-19-23-16-20(14-15-25(23)36-2)18-31-34-29-32-27(22-11-5-4-6-12-22)24(17-30)28(35)33-29/h3-8,10-16,18H,1,9,19H2,2H3,(H2,32,33,34,35). The van der Waals surface area contributed by atoms with Crippen LogP contribution in [0.25, 0.3) is 11.3 Å². The maximum absolute atomic E-state index is 12.4. The number of rotatable bonds is 10. The first kappa shape index (κ1) is 24.9. The van der Waals surface area contributed by atoms with Crippen LogP contribution in [0.1, 0.15) is 22.3 Å². The summed E-state index contributed by atoms with van der Waals surface area (Å²) in [6, 6.07) is 24.4. The van der Waals surface area contributed by atoms with Crippen LogP contribution in [0, 0.1) is 11.3 Å². The molecule has 37 heavy (non-hydrogen) atoms. The summed E-state index contributed by atoms with van der Waals surface area (Å²) in [4.78, 5) is 19.4. The van der Waals surface area contributed by atoms with Crippen molar-refractivity contribution in [2.75, 3.05) is 12.5 Å². The number of allylic oxidation sites excluding steroid dienone is 1. The van der Waals surface area contributed by atoms with Crippen LogP contribution in [-0.4, -0.2) is 23.3 Å². The largest absolute Gasteiger partial charge is 0.496 e. The molecule has 0 aliphatic rings. The van der Waals surface area contributed by atoms with Gasteiger partial charge in [-0.2, -0.15) is 10.4 Å². The van der Waals surface area contributed by atoms with Crippen LogP contribution in [0.15, 0.2) is 95.3 Å². The lowest BCUT2D eigenvalue weighted by Crippen LogP contribution is -2.16. The molecule has 2 N–H and O–H groups in total. The molecule has 0 aliphatic carbocycles. The topological polar surface area (TPSA) is 112 Å². The van der Waals surface area contributed by atoms with E-state index in [0.29, 0.717) is 24.3 Å². The number of nitrogens with zero attached hydrogens (tertiary/aromatic N) is 3. The van der Waals surface area contributed by atoms with E-state index in [1.54, 1.807) is 25.5 Å². The number of aromatic amines is 1. The Morgan fingerprint density at radius 2 is 1.86 bits per heavy atom. The molecule has 0 unspecified atom stereocenters. The van der Waals surface area contributed by atoms with Crippen molar-refractivity contribution in [3.05, 3.63) is 118 Å². The van der Waals surface area contributed by atoms with Crippen molar-refractivity contribution < 1.29 is 9.47 Å². The lowest BCUT2D eigenvalue weighted by molar-refractivity contribution is 0.294. The van der Waals surface area contributed by atoms with Crippen molar-refractivity contribution >= 4 is 12.2 Å². The molecule has 0 saturated carbocycles. The van der Waals surface area contributed by atoms with E-state index >= 15 is 0 Å². The Kier molecular flexibility index (Phi) is 8.09. The van der Waals surface area contributed by atoms with Crippen LogP contribution >= 0.6 is 0 Å². The van der Waals surface area contributed by atoms with Crippen LogP contribution in [0.5, 0.6) is 11.5 Å². The van der Waals surface area contributed by atoms with E-state index in [0.717, 1.165) is 22.4 Å². The lowest BCUT2D eigenvalue weighted by Gasteiger charge is -2.13. The highest BCUT2D eigenvalue weighted by Gasteiger charge is 2.13. The molecular weight excluding hydrogens is 466 g/mol. The molecule has 8 nitrogen and oxygen atoms in total. The highest BCUT2D eigenvalue weighted by atomic mass is 16.5. The summed E-state index contributed by atoms with van der Waals surface area (Å²) >= 11 is 0. The van der Waals surface area contributed by atoms with Crippen LogP contribution in [0.2, 0.25) is 0 Å². The van der Waals surface area contributed by atoms with Crippen LogP contribution in [0.3, 0.4) is 0 Å². The van der Waals surface area contributed by atoms with Gasteiger partial charge in [-0.25, -0.2) is 10.4 Å². The lowest BCUT2D eigenvalue weighted by atomic mass is 10.1. The molecule has 1 heterocycles. The van der Waals surface area contributed by atoms with Gasteiger partial charge in [0.25, 0.3) is 5.56 Å². The quantitative estimate of drug-likeness (QED) is 0.182. The Balaban J connectivity index is 1.52. The van der Waals surface area contributed by atoms with Gasteiger partial charge in [-0.1, -0.05) is 54.6 Å². The predicted molar refractivity (Wildman–Crippen MR) is 144 cm³/mol. The smallest absolute Gasteiger partial charge is 0.270 e. The molecule has 4 rings (SSSR count). The number of hydrogen-bond donors (Lipinski definition) is 2. The minimum atomic E-state index is -0.547. The number of ether oxygens (including phenoxy) is 2. The van der Waals surface area contributed by atoms with Crippen molar-refractivity contribution in [2.45, 2.75) is 13.0 Å². The summed E-state index contributed by atoms with van der Waals surface area (Å²) in [6.07, 6.45) is 4.14. The van der Waals surface area contributed by atoms with Crippen molar-refractivity contribution in [3.63, 3.8) is 0 Å². The van der Waals surface area contributed by atoms with Gasteiger partial charge in [0.1, 0.15) is 29.7 Å². The first-order valence-electron chi connectivity index (χ1n) is 11.5. The number of anilines is 1. The van der Waals surface area contributed by atoms with E-state index < -0.39 is 5.56 Å². The Labute approximate surface area is 214 Å². The van der Waals surface area contributed by atoms with Gasteiger partial charge < -0.3 is 9.47 Å². The number of benzene rings is 3. The molecule has 0 bridgehead atoms. The number of H-pyrrole nitrogens is 1. The summed E-state index contributed by atoms with van der Waals surface area (Å²) in [7, 11) is 1.61. The zero-order valence-electron chi connectivity index (χ0n) is 20.3. The molecule has 0 amide bonds. The summed E-state index contributed by atoms with van der Waals surface area (Å²) in [5, 5.41) is 13.6. The number of nitrogens with one attached hydrogen (secondary N) is 2. The summed E-state index contributed by atoms with van der Waals surface area (Å²) < 4.78 is 11.6. The van der Waals surface area contributed by atoms with Crippen LogP contribution < -0.4 is 20.5 Å². The molecule has 0 aliphatic heterocycles. The molecular formula is C29H25N5O3. The van der Waals surface area contributed by atoms with E-state index in [4.69, 9.17) is 9.47 Å². The highest BCUT2D eigenvalue weighted by molar-refractivity contribution is 5.81. The van der Waals surface area contributed by atoms with E-state index in [9.17, 15) is 10.1 Å². The first-order chi connectivity index (χ1) is 18.1. The average molecular weight is 492 g/mol. The average Bonchev–Trinajstić information content (AvgIpc) is 2.93. The van der Waals surface area contributed by atoms with Gasteiger partial charge in [-0.3, -0.25) is 9.78 Å². The Bertz CT molecular complexity index is 1520. The van der Waals surface area contributed by atoms with E-state index in [2.05, 4.69) is 27.1 Å². The third-order valence-corrected chi connectivity index (χ3v) is 5.49. The Morgan fingerprint density at radius 1 is 1.08 bits per heavy atom. The predicted octanol–water partition coefficient (Wildman–Crippen LogP) is 5.07. The normalized spacial score (nSPS) is 10.6. The minimum absolute atomic E-state index is 0.0600. The Morgan fingerprint density at radius 3 is 2.62 bits per heavy atom. The molecule has 0 saturated heterocycles. The van der Waals surface area contributed by atoms with E-state index in [1.807, 2.05) is 72.8 Å². The van der Waals surface area contributed by atoms with Crippen molar-refractivity contribution in [2.24, 2.45) is 5.10 Å². The zero-order chi connectivity index (χ0) is 26.0. The number of hydrazone groups is 1. The number of methoxy groups -OCH3 is 1. The monoisotopic (exact) mass is 491 g/mol. The maximum atomic E-state index is 12.4. The van der Waals surface area contributed by atoms with Crippen LogP contribution in [-0.2, 0) is 13.0 Å². The molecule has 0 fully saturated rings. The number of nitriles is 1. The van der Waals surface area contributed by atoms with Gasteiger partial charge in [0, 0.05) is 11.1 Å². The zero-order valence-corrected chi connectivity index (χ0v) is 20.3. The molecule has 4 aromatic rings. The van der Waals surface area contributed by atoms with Crippen molar-refractivity contribution in [1.82, 2.24) is 9.97 Å². The molecule has 1 aromatic heterocycles. The molecule has 0 radical (unpaired) electrons. The summed E-state index contributed by atoms with van der Waals surface area (Å²) in [5.74, 6) is 1.60. The molecule has 184 valence electrons. The second-order valence-electron chi connectivity index (χ2n) is 7.95. The fourth-order valence-corrected chi connectivity index (χ4v) is 3.72. The second-order valence-corrected chi connectivity index (χ2v) is 7.95. The van der Waals surface area contributed by atoms with E-state index in [-0.39, 0.29) is 17.2 Å². The minimum Gasteiger partial charge on any atom is -0.496 e. The molecule has 0 spiro atoms. The van der Waals surface area contributed by atoms with E-state index in [1.165, 1.54) is 0 Å². The summed E-state index contributed by atoms with van der Waals surface area (Å²) in [5.41, 5.74) is 5.76. The van der Waals surface area contributed by atoms with Gasteiger partial charge in [0.2, 0.25) is 5.95 Å². The van der Waals surface area contributed by atoms with Gasteiger partial charge in [0.05, 0.1) is 19.0 Å². The van der Waals surface area contributed by atoms with Gasteiger partial charge in [-0.05, 0) is 41.8 Å². The third-order valence-electron chi connectivity index (χ3n) is 5.49. The Hall–Kier alpha value is -5.16. The fourth-order valence-electron chi connectivity index (χ4n) is 3.72. The third kappa shape index (κ3) is 6.10. The molecule has 8 heteroatoms. The van der Waals surface area contributed by atoms with Crippen molar-refractivity contribution in [1.29, 1.82) is 5.26 Å². The molecule has 0 atom stereocenters. The number of para-hydroxylation sites is 1. The fraction of sp³-hybridized carbons (Fsp3) is 0.103. The number of hydrogen-bond acceptors (Lipinski definition) is 7. The second kappa shape index (κ2) is 12.0. The number of aromatic nitrogens is 2.